The summed E-state index contributed by atoms with van der Waals surface area (Å²) in [6, 6.07) is 0.704. The topological polar surface area (TPSA) is 130 Å². The van der Waals surface area contributed by atoms with Crippen molar-refractivity contribution >= 4 is 11.7 Å². The van der Waals surface area contributed by atoms with Gasteiger partial charge in [0.2, 0.25) is 11.5 Å². The van der Waals surface area contributed by atoms with Crippen LogP contribution in [0.1, 0.15) is 23.7 Å². The Balaban J connectivity index is 3.30. The number of hydrogen-bond acceptors (Lipinski definition) is 7. The normalized spacial score (nSPS) is 10.1. The fraction of sp³-hybridized carbons (Fsp3) is 0.300. The summed E-state index contributed by atoms with van der Waals surface area (Å²) in [4.78, 5) is 21.0. The van der Waals surface area contributed by atoms with Crippen molar-refractivity contribution in [3.63, 3.8) is 0 Å². The molecule has 0 unspecified atom stereocenters. The smallest absolute Gasteiger partial charge is 0.356 e. The van der Waals surface area contributed by atoms with Crippen LogP contribution in [-0.2, 0) is 4.74 Å². The molecule has 0 radical (unpaired) electrons. The maximum Gasteiger partial charge on any atom is 0.356 e. The van der Waals surface area contributed by atoms with Gasteiger partial charge in [0.25, 0.3) is 0 Å². The first-order chi connectivity index (χ1) is 8.40. The zero-order chi connectivity index (χ0) is 13.9. The van der Waals surface area contributed by atoms with Crippen LogP contribution in [0.4, 0.5) is 5.69 Å². The van der Waals surface area contributed by atoms with Crippen LogP contribution in [0.2, 0.25) is 0 Å². The molecular weight excluding hydrogens is 246 g/mol. The monoisotopic (exact) mass is 257 g/mol. The minimum atomic E-state index is -1.14. The molecule has 0 atom stereocenters. The largest absolute Gasteiger partial charge is 0.504 e. The van der Waals surface area contributed by atoms with Gasteiger partial charge in [-0.25, -0.2) is 4.79 Å². The van der Waals surface area contributed by atoms with Crippen LogP contribution in [0.3, 0.4) is 0 Å². The number of phenolic OH excluding ortho intramolecular Hbond substituents is 3. The average molecular weight is 257 g/mol. The van der Waals surface area contributed by atoms with Crippen molar-refractivity contribution in [3.05, 3.63) is 21.7 Å². The summed E-state index contributed by atoms with van der Waals surface area (Å²) >= 11 is 0. The van der Waals surface area contributed by atoms with E-state index in [0.29, 0.717) is 12.5 Å². The molecular formula is C10H11NO7. The molecule has 1 aromatic carbocycles. The summed E-state index contributed by atoms with van der Waals surface area (Å²) in [5.74, 6) is -4.06. The highest BCUT2D eigenvalue weighted by Gasteiger charge is 2.30. The molecule has 3 N–H and O–H groups in total. The Morgan fingerprint density at radius 1 is 1.39 bits per heavy atom. The number of aromatic hydroxyl groups is 3. The van der Waals surface area contributed by atoms with E-state index in [0.717, 1.165) is 0 Å². The number of nitro benzene ring substituents is 1. The first-order valence-corrected chi connectivity index (χ1v) is 4.99. The molecule has 0 bridgehead atoms. The lowest BCUT2D eigenvalue weighted by atomic mass is 10.1. The zero-order valence-corrected chi connectivity index (χ0v) is 9.41. The molecule has 18 heavy (non-hydrogen) atoms. The number of nitro groups is 1. The van der Waals surface area contributed by atoms with E-state index in [1.54, 1.807) is 6.92 Å². The number of ether oxygens (including phenoxy) is 1. The Morgan fingerprint density at radius 2 is 2.00 bits per heavy atom. The Labute approximate surface area is 101 Å². The minimum absolute atomic E-state index is 0.0632. The molecule has 0 aliphatic carbocycles. The molecule has 0 heterocycles. The van der Waals surface area contributed by atoms with Crippen molar-refractivity contribution < 1.29 is 29.8 Å². The van der Waals surface area contributed by atoms with E-state index in [4.69, 9.17) is 0 Å². The lowest BCUT2D eigenvalue weighted by molar-refractivity contribution is -0.387. The van der Waals surface area contributed by atoms with Crippen molar-refractivity contribution in [2.75, 3.05) is 6.61 Å². The van der Waals surface area contributed by atoms with Gasteiger partial charge < -0.3 is 20.1 Å². The minimum Gasteiger partial charge on any atom is -0.504 e. The number of hydrogen-bond donors (Lipinski definition) is 3. The first-order valence-electron chi connectivity index (χ1n) is 4.99. The van der Waals surface area contributed by atoms with Gasteiger partial charge in [-0.3, -0.25) is 10.1 Å². The van der Waals surface area contributed by atoms with Crippen LogP contribution < -0.4 is 0 Å². The van der Waals surface area contributed by atoms with Crippen molar-refractivity contribution in [2.24, 2.45) is 0 Å². The SMILES string of the molecule is CCCOC(=O)c1cc(O)c(O)c([N+](=O)[O-])c1O. The highest BCUT2D eigenvalue weighted by molar-refractivity contribution is 5.95. The van der Waals surface area contributed by atoms with Gasteiger partial charge in [-0.05, 0) is 6.42 Å². The fourth-order valence-corrected chi connectivity index (χ4v) is 1.24. The number of esters is 1. The first kappa shape index (κ1) is 13.6. The molecule has 8 heteroatoms. The van der Waals surface area contributed by atoms with E-state index in [1.165, 1.54) is 0 Å². The molecule has 0 saturated heterocycles. The van der Waals surface area contributed by atoms with Crippen molar-refractivity contribution in [1.29, 1.82) is 0 Å². The Bertz CT molecular complexity index is 497. The zero-order valence-electron chi connectivity index (χ0n) is 9.41. The van der Waals surface area contributed by atoms with Crippen LogP contribution >= 0.6 is 0 Å². The Morgan fingerprint density at radius 3 is 2.50 bits per heavy atom. The second kappa shape index (κ2) is 5.21. The molecule has 0 spiro atoms. The van der Waals surface area contributed by atoms with Gasteiger partial charge in [-0.15, -0.1) is 0 Å². The van der Waals surface area contributed by atoms with E-state index >= 15 is 0 Å². The lowest BCUT2D eigenvalue weighted by Gasteiger charge is -2.07. The number of rotatable bonds is 4. The van der Waals surface area contributed by atoms with Gasteiger partial charge in [-0.2, -0.15) is 0 Å². The molecule has 8 nitrogen and oxygen atoms in total. The molecule has 0 fully saturated rings. The lowest BCUT2D eigenvalue weighted by Crippen LogP contribution is -2.07. The molecule has 1 rings (SSSR count). The van der Waals surface area contributed by atoms with Crippen molar-refractivity contribution in [2.45, 2.75) is 13.3 Å². The van der Waals surface area contributed by atoms with Crippen molar-refractivity contribution in [1.82, 2.24) is 0 Å². The molecule has 0 aliphatic heterocycles. The fourth-order valence-electron chi connectivity index (χ4n) is 1.24. The molecule has 0 aliphatic rings. The third kappa shape index (κ3) is 2.42. The molecule has 0 amide bonds. The van der Waals surface area contributed by atoms with Crippen LogP contribution in [0, 0.1) is 10.1 Å². The van der Waals surface area contributed by atoms with Crippen LogP contribution in [0.15, 0.2) is 6.07 Å². The second-order valence-corrected chi connectivity index (χ2v) is 3.38. The van der Waals surface area contributed by atoms with E-state index in [1.807, 2.05) is 0 Å². The highest BCUT2D eigenvalue weighted by atomic mass is 16.6. The van der Waals surface area contributed by atoms with Crippen LogP contribution in [0.5, 0.6) is 17.2 Å². The number of carbonyl (C=O) groups is 1. The van der Waals surface area contributed by atoms with E-state index in [9.17, 15) is 30.2 Å². The number of nitrogens with zero attached hydrogens (tertiary/aromatic N) is 1. The summed E-state index contributed by atoms with van der Waals surface area (Å²) in [7, 11) is 0. The molecule has 98 valence electrons. The molecule has 0 aromatic heterocycles. The second-order valence-electron chi connectivity index (χ2n) is 3.38. The van der Waals surface area contributed by atoms with Gasteiger partial charge in [0, 0.05) is 6.07 Å². The Hall–Kier alpha value is -2.51. The maximum atomic E-state index is 11.5. The standard InChI is InChI=1S/C10H11NO7/c1-2-3-18-10(15)5-4-6(12)9(14)7(8(5)13)11(16)17/h4,12-14H,2-3H2,1H3. The third-order valence-corrected chi connectivity index (χ3v) is 2.07. The van der Waals surface area contributed by atoms with E-state index < -0.39 is 39.4 Å². The van der Waals surface area contributed by atoms with Gasteiger partial charge in [0.15, 0.2) is 5.75 Å². The third-order valence-electron chi connectivity index (χ3n) is 2.07. The molecule has 0 saturated carbocycles. The summed E-state index contributed by atoms with van der Waals surface area (Å²) in [5, 5.41) is 38.6. The molecule has 1 aromatic rings. The van der Waals surface area contributed by atoms with Crippen LogP contribution in [-0.4, -0.2) is 32.8 Å². The highest BCUT2D eigenvalue weighted by Crippen LogP contribution is 2.44. The predicted molar refractivity (Wildman–Crippen MR) is 58.7 cm³/mol. The maximum absolute atomic E-state index is 11.5. The summed E-state index contributed by atoms with van der Waals surface area (Å²) in [6.45, 7) is 1.80. The van der Waals surface area contributed by atoms with Gasteiger partial charge >= 0.3 is 11.7 Å². The van der Waals surface area contributed by atoms with Crippen molar-refractivity contribution in [3.8, 4) is 17.2 Å². The Kier molecular flexibility index (Phi) is 3.93. The van der Waals surface area contributed by atoms with E-state index in [2.05, 4.69) is 4.74 Å². The number of carbonyl (C=O) groups excluding carboxylic acids is 1. The van der Waals surface area contributed by atoms with Gasteiger partial charge in [-0.1, -0.05) is 6.92 Å². The van der Waals surface area contributed by atoms with Gasteiger partial charge in [0.1, 0.15) is 5.56 Å². The number of benzene rings is 1. The summed E-state index contributed by atoms with van der Waals surface area (Å²) in [5.41, 5.74) is -1.72. The quantitative estimate of drug-likeness (QED) is 0.243. The van der Waals surface area contributed by atoms with E-state index in [-0.39, 0.29) is 6.61 Å². The number of phenols is 3. The van der Waals surface area contributed by atoms with Gasteiger partial charge in [0.05, 0.1) is 11.5 Å². The average Bonchev–Trinajstić information content (AvgIpc) is 2.30. The van der Waals surface area contributed by atoms with Crippen LogP contribution in [0.25, 0.3) is 0 Å². The predicted octanol–water partition coefficient (Wildman–Crippen LogP) is 1.28. The summed E-state index contributed by atoms with van der Waals surface area (Å²) < 4.78 is 4.67. The summed E-state index contributed by atoms with van der Waals surface area (Å²) in [6.07, 6.45) is 0.526.